The molecule has 0 saturated carbocycles. The summed E-state index contributed by atoms with van der Waals surface area (Å²) >= 11 is 0. The van der Waals surface area contributed by atoms with Crippen molar-refractivity contribution in [1.29, 1.82) is 0 Å². The van der Waals surface area contributed by atoms with E-state index >= 15 is 0 Å². The van der Waals surface area contributed by atoms with Gasteiger partial charge in [0.15, 0.2) is 5.78 Å². The monoisotopic (exact) mass is 295 g/mol. The summed E-state index contributed by atoms with van der Waals surface area (Å²) in [4.78, 5) is 12.6. The molecule has 2 aromatic rings. The Morgan fingerprint density at radius 1 is 1.05 bits per heavy atom. The minimum Gasteiger partial charge on any atom is -0.457 e. The number of ketones is 1. The Balaban J connectivity index is 1.74. The number of benzene rings is 2. The third kappa shape index (κ3) is 3.74. The third-order valence-corrected chi connectivity index (χ3v) is 4.00. The number of carbonyl (C=O) groups is 1. The maximum atomic E-state index is 12.6. The molecule has 1 aliphatic rings. The minimum absolute atomic E-state index is 0.144. The molecule has 0 amide bonds. The fourth-order valence-corrected chi connectivity index (χ4v) is 2.83. The lowest BCUT2D eigenvalue weighted by atomic mass is 9.96. The summed E-state index contributed by atoms with van der Waals surface area (Å²) in [6.07, 6.45) is 4.02. The van der Waals surface area contributed by atoms with Gasteiger partial charge >= 0.3 is 0 Å². The molecule has 1 N–H and O–H groups in total. The molecule has 1 heterocycles. The molecule has 1 saturated heterocycles. The Hall–Kier alpha value is -2.13. The number of rotatable bonds is 5. The highest BCUT2D eigenvalue weighted by atomic mass is 16.5. The number of piperidine rings is 1. The van der Waals surface area contributed by atoms with E-state index in [4.69, 9.17) is 4.74 Å². The van der Waals surface area contributed by atoms with E-state index in [1.807, 2.05) is 54.6 Å². The number of nitrogens with one attached hydrogen (secondary N) is 1. The van der Waals surface area contributed by atoms with Crippen molar-refractivity contribution in [2.45, 2.75) is 31.7 Å². The lowest BCUT2D eigenvalue weighted by Crippen LogP contribution is -2.35. The van der Waals surface area contributed by atoms with Gasteiger partial charge in [-0.2, -0.15) is 0 Å². The summed E-state index contributed by atoms with van der Waals surface area (Å²) in [5.41, 5.74) is 0.665. The van der Waals surface area contributed by atoms with Crippen LogP contribution in [0.15, 0.2) is 54.6 Å². The Bertz CT molecular complexity index is 618. The second kappa shape index (κ2) is 7.23. The van der Waals surface area contributed by atoms with Crippen molar-refractivity contribution in [2.75, 3.05) is 6.54 Å². The highest BCUT2D eigenvalue weighted by molar-refractivity contribution is 5.99. The normalized spacial score (nSPS) is 17.9. The van der Waals surface area contributed by atoms with Gasteiger partial charge in [-0.05, 0) is 43.7 Å². The smallest absolute Gasteiger partial charge is 0.168 e. The van der Waals surface area contributed by atoms with Gasteiger partial charge in [-0.15, -0.1) is 0 Å². The summed E-state index contributed by atoms with van der Waals surface area (Å²) in [5, 5.41) is 3.43. The van der Waals surface area contributed by atoms with Crippen LogP contribution in [-0.4, -0.2) is 18.4 Å². The molecule has 1 aliphatic heterocycles. The van der Waals surface area contributed by atoms with Gasteiger partial charge < -0.3 is 10.1 Å². The molecule has 3 rings (SSSR count). The number of ether oxygens (including phenoxy) is 1. The predicted molar refractivity (Wildman–Crippen MR) is 87.5 cm³/mol. The van der Waals surface area contributed by atoms with Crippen LogP contribution in [0.25, 0.3) is 0 Å². The van der Waals surface area contributed by atoms with E-state index in [1.54, 1.807) is 0 Å². The lowest BCUT2D eigenvalue weighted by molar-refractivity contribution is 0.0961. The maximum Gasteiger partial charge on any atom is 0.168 e. The van der Waals surface area contributed by atoms with Gasteiger partial charge in [0.25, 0.3) is 0 Å². The van der Waals surface area contributed by atoms with E-state index in [-0.39, 0.29) is 5.78 Å². The SMILES string of the molecule is O=C(CC1CCCCN1)c1ccccc1Oc1ccccc1. The summed E-state index contributed by atoms with van der Waals surface area (Å²) in [7, 11) is 0. The van der Waals surface area contributed by atoms with Gasteiger partial charge in [0.05, 0.1) is 5.56 Å². The molecule has 1 unspecified atom stereocenters. The Kier molecular flexibility index (Phi) is 4.86. The third-order valence-electron chi connectivity index (χ3n) is 4.00. The van der Waals surface area contributed by atoms with Crippen molar-refractivity contribution in [3.05, 3.63) is 60.2 Å². The highest BCUT2D eigenvalue weighted by Crippen LogP contribution is 2.26. The van der Waals surface area contributed by atoms with Gasteiger partial charge in [0.1, 0.15) is 11.5 Å². The molecule has 0 bridgehead atoms. The van der Waals surface area contributed by atoms with Crippen molar-refractivity contribution in [1.82, 2.24) is 5.32 Å². The molecule has 1 fully saturated rings. The van der Waals surface area contributed by atoms with Crippen LogP contribution in [0.2, 0.25) is 0 Å². The zero-order valence-electron chi connectivity index (χ0n) is 12.6. The molecule has 1 atom stereocenters. The van der Waals surface area contributed by atoms with Crippen LogP contribution in [0.5, 0.6) is 11.5 Å². The number of carbonyl (C=O) groups excluding carboxylic acids is 1. The first-order valence-electron chi connectivity index (χ1n) is 7.91. The largest absolute Gasteiger partial charge is 0.457 e. The van der Waals surface area contributed by atoms with Crippen LogP contribution in [0, 0.1) is 0 Å². The number of hydrogen-bond donors (Lipinski definition) is 1. The molecule has 0 aromatic heterocycles. The summed E-state index contributed by atoms with van der Waals surface area (Å²) in [5.74, 6) is 1.53. The molecule has 3 nitrogen and oxygen atoms in total. The predicted octanol–water partition coefficient (Wildman–Crippen LogP) is 4.19. The van der Waals surface area contributed by atoms with Crippen LogP contribution < -0.4 is 10.1 Å². The topological polar surface area (TPSA) is 38.3 Å². The van der Waals surface area contributed by atoms with E-state index < -0.39 is 0 Å². The summed E-state index contributed by atoms with van der Waals surface area (Å²) < 4.78 is 5.88. The first-order valence-corrected chi connectivity index (χ1v) is 7.91. The van der Waals surface area contributed by atoms with Crippen LogP contribution >= 0.6 is 0 Å². The van der Waals surface area contributed by atoms with E-state index in [1.165, 1.54) is 12.8 Å². The van der Waals surface area contributed by atoms with Gasteiger partial charge in [-0.3, -0.25) is 4.79 Å². The zero-order valence-corrected chi connectivity index (χ0v) is 12.6. The average molecular weight is 295 g/mol. The number of para-hydroxylation sites is 2. The Morgan fingerprint density at radius 2 is 1.82 bits per heavy atom. The van der Waals surface area contributed by atoms with Crippen molar-refractivity contribution in [3.63, 3.8) is 0 Å². The molecule has 3 heteroatoms. The lowest BCUT2D eigenvalue weighted by Gasteiger charge is -2.23. The van der Waals surface area contributed by atoms with Gasteiger partial charge in [0, 0.05) is 12.5 Å². The first-order chi connectivity index (χ1) is 10.8. The molecule has 0 radical (unpaired) electrons. The van der Waals surface area contributed by atoms with Crippen LogP contribution in [0.1, 0.15) is 36.0 Å². The van der Waals surface area contributed by atoms with Crippen molar-refractivity contribution in [3.8, 4) is 11.5 Å². The van der Waals surface area contributed by atoms with E-state index in [2.05, 4.69) is 5.32 Å². The Labute approximate surface area is 131 Å². The minimum atomic E-state index is 0.144. The Morgan fingerprint density at radius 3 is 2.59 bits per heavy atom. The van der Waals surface area contributed by atoms with Gasteiger partial charge in [-0.25, -0.2) is 0 Å². The quantitative estimate of drug-likeness (QED) is 0.840. The molecule has 0 aliphatic carbocycles. The van der Waals surface area contributed by atoms with Crippen LogP contribution in [-0.2, 0) is 0 Å². The number of hydrogen-bond acceptors (Lipinski definition) is 3. The maximum absolute atomic E-state index is 12.6. The van der Waals surface area contributed by atoms with Crippen molar-refractivity contribution in [2.24, 2.45) is 0 Å². The number of Topliss-reactive ketones (excluding diaryl/α,β-unsaturated/α-hetero) is 1. The second-order valence-corrected chi connectivity index (χ2v) is 5.69. The second-order valence-electron chi connectivity index (χ2n) is 5.69. The zero-order chi connectivity index (χ0) is 15.2. The van der Waals surface area contributed by atoms with Crippen molar-refractivity contribution >= 4 is 5.78 Å². The molecular formula is C19H21NO2. The van der Waals surface area contributed by atoms with Gasteiger partial charge in [0.2, 0.25) is 0 Å². The fraction of sp³-hybridized carbons (Fsp3) is 0.316. The molecule has 114 valence electrons. The highest BCUT2D eigenvalue weighted by Gasteiger charge is 2.19. The molecule has 22 heavy (non-hydrogen) atoms. The molecule has 0 spiro atoms. The van der Waals surface area contributed by atoms with Crippen LogP contribution in [0.3, 0.4) is 0 Å². The average Bonchev–Trinajstić information content (AvgIpc) is 2.57. The molecule has 2 aromatic carbocycles. The molecular weight excluding hydrogens is 274 g/mol. The summed E-state index contributed by atoms with van der Waals surface area (Å²) in [6, 6.07) is 17.4. The van der Waals surface area contributed by atoms with Gasteiger partial charge in [-0.1, -0.05) is 36.8 Å². The van der Waals surface area contributed by atoms with E-state index in [0.717, 1.165) is 18.7 Å². The summed E-state index contributed by atoms with van der Waals surface area (Å²) in [6.45, 7) is 1.01. The standard InChI is InChI=1S/C19H21NO2/c21-18(14-15-8-6-7-13-20-15)17-11-4-5-12-19(17)22-16-9-2-1-3-10-16/h1-5,9-12,15,20H,6-8,13-14H2. The fourth-order valence-electron chi connectivity index (χ4n) is 2.83. The van der Waals surface area contributed by atoms with Crippen LogP contribution in [0.4, 0.5) is 0 Å². The van der Waals surface area contributed by atoms with Crippen molar-refractivity contribution < 1.29 is 9.53 Å². The first kappa shape index (κ1) is 14.8. The van der Waals surface area contributed by atoms with E-state index in [0.29, 0.717) is 23.8 Å². The van der Waals surface area contributed by atoms with E-state index in [9.17, 15) is 4.79 Å².